The number of fused-ring (bicyclic) bond motifs is 1. The summed E-state index contributed by atoms with van der Waals surface area (Å²) < 4.78 is 33.3. The van der Waals surface area contributed by atoms with Gasteiger partial charge < -0.3 is 4.42 Å². The van der Waals surface area contributed by atoms with Crippen LogP contribution in [0.3, 0.4) is 0 Å². The number of rotatable bonds is 3. The van der Waals surface area contributed by atoms with Gasteiger partial charge in [0.1, 0.15) is 0 Å². The fourth-order valence-corrected chi connectivity index (χ4v) is 4.96. The monoisotopic (exact) mass is 400 g/mol. The molecule has 3 aromatic rings. The molecule has 2 aromatic carbocycles. The van der Waals surface area contributed by atoms with E-state index in [9.17, 15) is 18.0 Å². The van der Waals surface area contributed by atoms with Gasteiger partial charge in [0.15, 0.2) is 5.58 Å². The highest BCUT2D eigenvalue weighted by Gasteiger charge is 2.27. The van der Waals surface area contributed by atoms with Crippen LogP contribution in [0.2, 0.25) is 0 Å². The summed E-state index contributed by atoms with van der Waals surface area (Å²) in [6, 6.07) is 11.0. The van der Waals surface area contributed by atoms with Crippen molar-refractivity contribution in [3.63, 3.8) is 0 Å². The van der Waals surface area contributed by atoms with E-state index >= 15 is 0 Å². The number of nitrogens with zero attached hydrogens (tertiary/aromatic N) is 2. The standard InChI is InChI=1S/C20H20N2O5S/c1-14-5-7-15(8-6-14)19(23)22-17-10-9-16(13-18(17)27-20(22)24)28(25,26)21-11-3-2-4-12-21/h5-10,13H,2-4,11-12H2,1H3. The summed E-state index contributed by atoms with van der Waals surface area (Å²) in [7, 11) is -3.66. The number of aromatic nitrogens is 1. The summed E-state index contributed by atoms with van der Waals surface area (Å²) >= 11 is 0. The van der Waals surface area contributed by atoms with Crippen molar-refractivity contribution in [2.75, 3.05) is 13.1 Å². The predicted molar refractivity (Wildman–Crippen MR) is 104 cm³/mol. The fraction of sp³-hybridized carbons (Fsp3) is 0.300. The highest BCUT2D eigenvalue weighted by atomic mass is 32.2. The van der Waals surface area contributed by atoms with Crippen LogP contribution in [0.5, 0.6) is 0 Å². The van der Waals surface area contributed by atoms with Crippen molar-refractivity contribution in [2.24, 2.45) is 0 Å². The van der Waals surface area contributed by atoms with E-state index in [0.29, 0.717) is 18.7 Å². The normalized spacial score (nSPS) is 15.8. The number of hydrogen-bond acceptors (Lipinski definition) is 5. The molecule has 0 unspecified atom stereocenters. The van der Waals surface area contributed by atoms with Crippen LogP contribution in [0.25, 0.3) is 11.1 Å². The summed E-state index contributed by atoms with van der Waals surface area (Å²) in [4.78, 5) is 25.1. The van der Waals surface area contributed by atoms with Crippen LogP contribution < -0.4 is 5.76 Å². The van der Waals surface area contributed by atoms with Gasteiger partial charge in [-0.25, -0.2) is 17.8 Å². The molecule has 146 valence electrons. The molecule has 0 atom stereocenters. The molecule has 1 fully saturated rings. The van der Waals surface area contributed by atoms with Crippen LogP contribution in [0.15, 0.2) is 56.6 Å². The van der Waals surface area contributed by atoms with Gasteiger partial charge >= 0.3 is 5.76 Å². The van der Waals surface area contributed by atoms with Crippen molar-refractivity contribution in [1.29, 1.82) is 0 Å². The minimum absolute atomic E-state index is 0.0607. The van der Waals surface area contributed by atoms with E-state index in [1.54, 1.807) is 24.3 Å². The Morgan fingerprint density at radius 1 is 1.00 bits per heavy atom. The second-order valence-electron chi connectivity index (χ2n) is 6.97. The molecule has 0 spiro atoms. The molecule has 1 aliphatic rings. The minimum Gasteiger partial charge on any atom is -0.407 e. The van der Waals surface area contributed by atoms with Gasteiger partial charge in [0.2, 0.25) is 10.0 Å². The lowest BCUT2D eigenvalue weighted by molar-refractivity contribution is 0.0956. The third-order valence-electron chi connectivity index (χ3n) is 5.01. The third-order valence-corrected chi connectivity index (χ3v) is 6.90. The van der Waals surface area contributed by atoms with Crippen LogP contribution in [0, 0.1) is 6.92 Å². The van der Waals surface area contributed by atoms with Gasteiger partial charge in [0, 0.05) is 24.7 Å². The lowest BCUT2D eigenvalue weighted by atomic mass is 10.1. The molecule has 1 saturated heterocycles. The lowest BCUT2D eigenvalue weighted by Gasteiger charge is -2.25. The number of benzene rings is 2. The van der Waals surface area contributed by atoms with Gasteiger partial charge in [-0.15, -0.1) is 0 Å². The number of oxazole rings is 1. The molecule has 28 heavy (non-hydrogen) atoms. The second kappa shape index (κ2) is 7.03. The van der Waals surface area contributed by atoms with E-state index in [-0.39, 0.29) is 16.0 Å². The van der Waals surface area contributed by atoms with Crippen LogP contribution in [0.1, 0.15) is 35.2 Å². The number of piperidine rings is 1. The Balaban J connectivity index is 1.76. The Bertz CT molecular complexity index is 1200. The van der Waals surface area contributed by atoms with Crippen molar-refractivity contribution in [2.45, 2.75) is 31.1 Å². The smallest absolute Gasteiger partial charge is 0.407 e. The molecule has 7 nitrogen and oxygen atoms in total. The summed E-state index contributed by atoms with van der Waals surface area (Å²) in [5, 5.41) is 0. The molecular formula is C20H20N2O5S. The first-order valence-corrected chi connectivity index (χ1v) is 10.6. The zero-order valence-corrected chi connectivity index (χ0v) is 16.2. The maximum Gasteiger partial charge on any atom is 0.427 e. The highest BCUT2D eigenvalue weighted by molar-refractivity contribution is 7.89. The Labute approximate surface area is 162 Å². The first-order chi connectivity index (χ1) is 13.4. The van der Waals surface area contributed by atoms with E-state index in [2.05, 4.69) is 0 Å². The second-order valence-corrected chi connectivity index (χ2v) is 8.91. The number of carbonyl (C=O) groups excluding carboxylic acids is 1. The predicted octanol–water partition coefficient (Wildman–Crippen LogP) is 2.77. The molecule has 1 aliphatic heterocycles. The SMILES string of the molecule is Cc1ccc(C(=O)n2c(=O)oc3cc(S(=O)(=O)N4CCCCC4)ccc32)cc1. The Hall–Kier alpha value is -2.71. The van der Waals surface area contributed by atoms with Crippen molar-refractivity contribution in [3.8, 4) is 0 Å². The molecule has 2 heterocycles. The molecule has 0 aliphatic carbocycles. The molecular weight excluding hydrogens is 380 g/mol. The topological polar surface area (TPSA) is 89.6 Å². The van der Waals surface area contributed by atoms with Crippen LogP contribution in [-0.4, -0.2) is 36.3 Å². The molecule has 0 N–H and O–H groups in total. The average Bonchev–Trinajstić information content (AvgIpc) is 3.03. The maximum atomic E-state index is 12.8. The number of sulfonamides is 1. The van der Waals surface area contributed by atoms with E-state index in [4.69, 9.17) is 4.42 Å². The first kappa shape index (κ1) is 18.6. The Kier molecular flexibility index (Phi) is 4.68. The van der Waals surface area contributed by atoms with Crippen LogP contribution in [0.4, 0.5) is 0 Å². The van der Waals surface area contributed by atoms with Gasteiger partial charge in [0.05, 0.1) is 10.4 Å². The van der Waals surface area contributed by atoms with Crippen molar-refractivity contribution in [3.05, 3.63) is 64.1 Å². The maximum absolute atomic E-state index is 12.8. The van der Waals surface area contributed by atoms with Gasteiger partial charge in [0.25, 0.3) is 5.91 Å². The van der Waals surface area contributed by atoms with E-state index < -0.39 is 21.7 Å². The molecule has 0 amide bonds. The molecule has 4 rings (SSSR count). The van der Waals surface area contributed by atoms with Crippen molar-refractivity contribution in [1.82, 2.24) is 8.87 Å². The van der Waals surface area contributed by atoms with Crippen molar-refractivity contribution >= 4 is 27.0 Å². The lowest BCUT2D eigenvalue weighted by Crippen LogP contribution is -2.35. The van der Waals surface area contributed by atoms with Crippen LogP contribution in [-0.2, 0) is 10.0 Å². The average molecular weight is 400 g/mol. The van der Waals surface area contributed by atoms with Crippen LogP contribution >= 0.6 is 0 Å². The Morgan fingerprint density at radius 2 is 1.68 bits per heavy atom. The fourth-order valence-electron chi connectivity index (χ4n) is 3.43. The summed E-state index contributed by atoms with van der Waals surface area (Å²) in [5.74, 6) is -1.36. The Morgan fingerprint density at radius 3 is 2.36 bits per heavy atom. The summed E-state index contributed by atoms with van der Waals surface area (Å²) in [6.45, 7) is 2.87. The number of aryl methyl sites for hydroxylation is 1. The van der Waals surface area contributed by atoms with Gasteiger partial charge in [-0.1, -0.05) is 24.1 Å². The third kappa shape index (κ3) is 3.18. The van der Waals surface area contributed by atoms with E-state index in [1.165, 1.54) is 22.5 Å². The van der Waals surface area contributed by atoms with Gasteiger partial charge in [-0.05, 0) is 44.0 Å². The zero-order chi connectivity index (χ0) is 19.9. The zero-order valence-electron chi connectivity index (χ0n) is 15.4. The van der Waals surface area contributed by atoms with Gasteiger partial charge in [-0.2, -0.15) is 4.31 Å². The molecule has 0 radical (unpaired) electrons. The van der Waals surface area contributed by atoms with Gasteiger partial charge in [-0.3, -0.25) is 4.79 Å². The molecule has 8 heteroatoms. The first-order valence-electron chi connectivity index (χ1n) is 9.15. The van der Waals surface area contributed by atoms with E-state index in [1.807, 2.05) is 6.92 Å². The molecule has 0 saturated carbocycles. The molecule has 1 aromatic heterocycles. The van der Waals surface area contributed by atoms with E-state index in [0.717, 1.165) is 29.4 Å². The largest absolute Gasteiger partial charge is 0.427 e. The quantitative estimate of drug-likeness (QED) is 0.674. The minimum atomic E-state index is -3.66. The number of carbonyl (C=O) groups is 1. The molecule has 0 bridgehead atoms. The number of hydrogen-bond donors (Lipinski definition) is 0. The van der Waals surface area contributed by atoms with Crippen molar-refractivity contribution < 1.29 is 17.6 Å². The highest BCUT2D eigenvalue weighted by Crippen LogP contribution is 2.24. The summed E-state index contributed by atoms with van der Waals surface area (Å²) in [5.41, 5.74) is 1.66. The summed E-state index contributed by atoms with van der Waals surface area (Å²) in [6.07, 6.45) is 2.68.